The molecule has 0 unspecified atom stereocenters. The van der Waals surface area contributed by atoms with Gasteiger partial charge in [0.05, 0.1) is 25.3 Å². The summed E-state index contributed by atoms with van der Waals surface area (Å²) >= 11 is 0. The van der Waals surface area contributed by atoms with Gasteiger partial charge in [-0.1, -0.05) is 6.07 Å². The van der Waals surface area contributed by atoms with E-state index in [1.54, 1.807) is 51.5 Å². The van der Waals surface area contributed by atoms with Gasteiger partial charge in [0, 0.05) is 25.8 Å². The molecule has 0 aromatic heterocycles. The third kappa shape index (κ3) is 4.80. The number of likely N-dealkylation sites (tertiary alicyclic amines) is 1. The molecule has 0 spiro atoms. The summed E-state index contributed by atoms with van der Waals surface area (Å²) in [6.45, 7) is 4.61. The quantitative estimate of drug-likeness (QED) is 0.258. The Morgan fingerprint density at radius 2 is 1.85 bits per heavy atom. The normalized spacial score (nSPS) is 17.5. The summed E-state index contributed by atoms with van der Waals surface area (Å²) in [5.74, 6) is -0.920. The van der Waals surface area contributed by atoms with Crippen LogP contribution in [0.3, 0.4) is 0 Å². The van der Waals surface area contributed by atoms with Gasteiger partial charge in [0.15, 0.2) is 11.5 Å². The number of aryl methyl sites for hydroxylation is 1. The van der Waals surface area contributed by atoms with Crippen LogP contribution in [-0.2, 0) is 14.3 Å². The summed E-state index contributed by atoms with van der Waals surface area (Å²) < 4.78 is 15.9. The minimum Gasteiger partial charge on any atom is -0.507 e. The molecule has 176 valence electrons. The first-order valence-corrected chi connectivity index (χ1v) is 10.7. The zero-order valence-electron chi connectivity index (χ0n) is 19.3. The number of aromatic hydroxyl groups is 1. The van der Waals surface area contributed by atoms with Crippen LogP contribution in [0.4, 0.5) is 0 Å². The molecule has 1 heterocycles. The Bertz CT molecular complexity index is 1080. The standard InChI is InChI=1S/C25H29NO7/c1-5-33-20-14-16(7-9-18(20)27)22-21(24(29)25(30)26(22)11-6-12-31-3)23(28)17-8-10-19(32-4)15(2)13-17/h7-10,13-14,22,27-28H,5-6,11-12H2,1-4H3/t22-/m1/s1. The minimum atomic E-state index is -0.843. The number of carbonyl (C=O) groups excluding carboxylic acids is 2. The van der Waals surface area contributed by atoms with Crippen molar-refractivity contribution in [2.75, 3.05) is 34.0 Å². The molecule has 1 fully saturated rings. The second kappa shape index (κ2) is 10.4. The second-order valence-electron chi connectivity index (χ2n) is 7.68. The van der Waals surface area contributed by atoms with Crippen LogP contribution >= 0.6 is 0 Å². The summed E-state index contributed by atoms with van der Waals surface area (Å²) in [6, 6.07) is 8.85. The number of hydrogen-bond donors (Lipinski definition) is 2. The van der Waals surface area contributed by atoms with E-state index < -0.39 is 17.7 Å². The molecule has 1 aliphatic rings. The Balaban J connectivity index is 2.16. The number of nitrogens with zero attached hydrogens (tertiary/aromatic N) is 1. The van der Waals surface area contributed by atoms with Gasteiger partial charge in [0.1, 0.15) is 11.5 Å². The smallest absolute Gasteiger partial charge is 0.295 e. The van der Waals surface area contributed by atoms with Crippen molar-refractivity contribution in [2.45, 2.75) is 26.3 Å². The van der Waals surface area contributed by atoms with E-state index in [0.29, 0.717) is 36.5 Å². The number of ether oxygens (including phenoxy) is 3. The third-order valence-corrected chi connectivity index (χ3v) is 5.56. The maximum atomic E-state index is 13.1. The highest BCUT2D eigenvalue weighted by atomic mass is 16.5. The van der Waals surface area contributed by atoms with E-state index in [0.717, 1.165) is 5.56 Å². The van der Waals surface area contributed by atoms with Gasteiger partial charge in [-0.3, -0.25) is 9.59 Å². The van der Waals surface area contributed by atoms with Crippen LogP contribution in [0.5, 0.6) is 17.2 Å². The van der Waals surface area contributed by atoms with E-state index in [9.17, 15) is 19.8 Å². The molecular formula is C25H29NO7. The number of benzene rings is 2. The molecule has 0 bridgehead atoms. The molecule has 1 aliphatic heterocycles. The highest BCUT2D eigenvalue weighted by molar-refractivity contribution is 6.46. The summed E-state index contributed by atoms with van der Waals surface area (Å²) in [7, 11) is 3.11. The number of phenolic OH excluding ortho intramolecular Hbond substituents is 1. The highest BCUT2D eigenvalue weighted by Crippen LogP contribution is 2.42. The summed E-state index contributed by atoms with van der Waals surface area (Å²) in [4.78, 5) is 27.5. The van der Waals surface area contributed by atoms with Gasteiger partial charge in [-0.25, -0.2) is 0 Å². The maximum absolute atomic E-state index is 13.1. The van der Waals surface area contributed by atoms with Crippen LogP contribution in [0.2, 0.25) is 0 Å². The van der Waals surface area contributed by atoms with Crippen molar-refractivity contribution in [1.82, 2.24) is 4.90 Å². The monoisotopic (exact) mass is 455 g/mol. The molecule has 0 saturated carbocycles. The van der Waals surface area contributed by atoms with Crippen molar-refractivity contribution in [1.29, 1.82) is 0 Å². The van der Waals surface area contributed by atoms with E-state index in [1.807, 2.05) is 6.92 Å². The number of aliphatic hydroxyl groups excluding tert-OH is 1. The van der Waals surface area contributed by atoms with E-state index in [2.05, 4.69) is 0 Å². The first-order chi connectivity index (χ1) is 15.8. The fraction of sp³-hybridized carbons (Fsp3) is 0.360. The summed E-state index contributed by atoms with van der Waals surface area (Å²) in [5, 5.41) is 21.3. The van der Waals surface area contributed by atoms with Gasteiger partial charge < -0.3 is 29.3 Å². The number of ketones is 1. The van der Waals surface area contributed by atoms with Gasteiger partial charge >= 0.3 is 0 Å². The van der Waals surface area contributed by atoms with Gasteiger partial charge in [-0.15, -0.1) is 0 Å². The van der Waals surface area contributed by atoms with Crippen molar-refractivity contribution >= 4 is 17.4 Å². The second-order valence-corrected chi connectivity index (χ2v) is 7.68. The SMILES string of the molecule is CCOc1cc([C@@H]2C(=C(O)c3ccc(OC)c(C)c3)C(=O)C(=O)N2CCCOC)ccc1O. The average molecular weight is 456 g/mol. The van der Waals surface area contributed by atoms with Crippen molar-refractivity contribution in [3.8, 4) is 17.2 Å². The zero-order chi connectivity index (χ0) is 24.1. The van der Waals surface area contributed by atoms with Crippen LogP contribution in [0, 0.1) is 6.92 Å². The lowest BCUT2D eigenvalue weighted by atomic mass is 9.94. The van der Waals surface area contributed by atoms with Gasteiger partial charge in [0.2, 0.25) is 0 Å². The Hall–Kier alpha value is -3.52. The predicted octanol–water partition coefficient (Wildman–Crippen LogP) is 3.57. The molecule has 1 amide bonds. The lowest BCUT2D eigenvalue weighted by Gasteiger charge is -2.26. The van der Waals surface area contributed by atoms with Crippen LogP contribution in [0.1, 0.15) is 36.1 Å². The number of methoxy groups -OCH3 is 2. The van der Waals surface area contributed by atoms with Gasteiger partial charge in [-0.05, 0) is 61.7 Å². The topological polar surface area (TPSA) is 106 Å². The molecule has 0 radical (unpaired) electrons. The van der Waals surface area contributed by atoms with Crippen molar-refractivity contribution in [2.24, 2.45) is 0 Å². The molecule has 1 saturated heterocycles. The third-order valence-electron chi connectivity index (χ3n) is 5.56. The van der Waals surface area contributed by atoms with E-state index >= 15 is 0 Å². The van der Waals surface area contributed by atoms with Crippen LogP contribution < -0.4 is 9.47 Å². The van der Waals surface area contributed by atoms with Gasteiger partial charge in [-0.2, -0.15) is 0 Å². The van der Waals surface area contributed by atoms with Crippen LogP contribution in [0.25, 0.3) is 5.76 Å². The Morgan fingerprint density at radius 1 is 1.09 bits per heavy atom. The lowest BCUT2D eigenvalue weighted by Crippen LogP contribution is -2.31. The Morgan fingerprint density at radius 3 is 2.48 bits per heavy atom. The number of Topliss-reactive ketones (excluding diaryl/α,β-unsaturated/α-hetero) is 1. The Labute approximate surface area is 193 Å². The molecule has 8 heteroatoms. The lowest BCUT2D eigenvalue weighted by molar-refractivity contribution is -0.140. The van der Waals surface area contributed by atoms with E-state index in [1.165, 1.54) is 11.0 Å². The molecule has 3 rings (SSSR count). The summed E-state index contributed by atoms with van der Waals surface area (Å²) in [5.41, 5.74) is 1.70. The van der Waals surface area contributed by atoms with Crippen molar-refractivity contribution in [3.05, 3.63) is 58.7 Å². The number of aliphatic hydroxyl groups is 1. The van der Waals surface area contributed by atoms with Gasteiger partial charge in [0.25, 0.3) is 11.7 Å². The number of rotatable bonds is 9. The van der Waals surface area contributed by atoms with E-state index in [-0.39, 0.29) is 29.4 Å². The average Bonchev–Trinajstić information content (AvgIpc) is 3.05. The maximum Gasteiger partial charge on any atom is 0.295 e. The molecule has 8 nitrogen and oxygen atoms in total. The van der Waals surface area contributed by atoms with Crippen LogP contribution in [-0.4, -0.2) is 60.8 Å². The highest BCUT2D eigenvalue weighted by Gasteiger charge is 2.46. The Kier molecular flexibility index (Phi) is 7.60. The molecule has 0 aliphatic carbocycles. The molecule has 2 aromatic rings. The molecule has 2 aromatic carbocycles. The number of amides is 1. The zero-order valence-corrected chi connectivity index (χ0v) is 19.3. The fourth-order valence-corrected chi connectivity index (χ4v) is 3.99. The van der Waals surface area contributed by atoms with E-state index in [4.69, 9.17) is 14.2 Å². The molecular weight excluding hydrogens is 426 g/mol. The van der Waals surface area contributed by atoms with Crippen LogP contribution in [0.15, 0.2) is 42.0 Å². The predicted molar refractivity (Wildman–Crippen MR) is 123 cm³/mol. The van der Waals surface area contributed by atoms with Crippen molar-refractivity contribution < 1.29 is 34.0 Å². The molecule has 2 N–H and O–H groups in total. The number of carbonyl (C=O) groups is 2. The minimum absolute atomic E-state index is 0.0184. The largest absolute Gasteiger partial charge is 0.507 e. The molecule has 33 heavy (non-hydrogen) atoms. The summed E-state index contributed by atoms with van der Waals surface area (Å²) in [6.07, 6.45) is 0.512. The van der Waals surface area contributed by atoms with Crippen molar-refractivity contribution in [3.63, 3.8) is 0 Å². The fourth-order valence-electron chi connectivity index (χ4n) is 3.99. The first-order valence-electron chi connectivity index (χ1n) is 10.7. The number of phenols is 1. The molecule has 1 atom stereocenters. The number of hydrogen-bond acceptors (Lipinski definition) is 7. The first kappa shape index (κ1) is 24.1.